The molecule has 0 aromatic carbocycles. The van der Waals surface area contributed by atoms with Crippen LogP contribution in [-0.2, 0) is 29.2 Å². The number of thioether (sulfide) groups is 1. The molecule has 3 saturated heterocycles. The van der Waals surface area contributed by atoms with Gasteiger partial charge in [-0.05, 0) is 12.8 Å². The molecule has 0 radical (unpaired) electrons. The van der Waals surface area contributed by atoms with Gasteiger partial charge in [0.05, 0.1) is 18.5 Å². The van der Waals surface area contributed by atoms with Crippen molar-refractivity contribution in [3.05, 3.63) is 0 Å². The highest BCUT2D eigenvalue weighted by atomic mass is 32.2. The number of fused-ring (bicyclic) bond motifs is 1. The maximum absolute atomic E-state index is 12.0. The third kappa shape index (κ3) is 3.68. The first-order valence-electron chi connectivity index (χ1n) is 8.49. The van der Waals surface area contributed by atoms with Crippen molar-refractivity contribution in [2.45, 2.75) is 54.4 Å². The Kier molecular flexibility index (Phi) is 5.58. The second-order valence-corrected chi connectivity index (χ2v) is 9.64. The highest BCUT2D eigenvalue weighted by Crippen LogP contribution is 2.34. The number of amides is 4. The molecule has 0 aromatic heterocycles. The van der Waals surface area contributed by atoms with E-state index >= 15 is 0 Å². The number of carbonyl (C=O) groups excluding carboxylic acids is 4. The highest BCUT2D eigenvalue weighted by Gasteiger charge is 2.64. The number of nitrogens with one attached hydrogen (secondary N) is 2. The average molecular weight is 437 g/mol. The van der Waals surface area contributed by atoms with Gasteiger partial charge in [-0.3, -0.25) is 24.1 Å². The minimum Gasteiger partial charge on any atom is -0.429 e. The zero-order valence-corrected chi connectivity index (χ0v) is 16.1. The standard InChI is InChI=1S/C14H19N3O9S2/c18-9-5-14(28(23,24)25,12(20)17(9)22)26-10(19)4-2-1-3-8-11-7(6-27-8)15-13(21)16-11/h7-8,11,22H,1-6H2,(H2,15,16,21)(H,23,24,25)/t7-,8-,11-,14?/m1/s1. The first-order valence-corrected chi connectivity index (χ1v) is 11.0. The molecule has 0 aromatic rings. The molecule has 3 aliphatic heterocycles. The van der Waals surface area contributed by atoms with Crippen molar-refractivity contribution >= 4 is 45.7 Å². The number of rotatable bonds is 7. The summed E-state index contributed by atoms with van der Waals surface area (Å²) in [4.78, 5) is 43.4. The van der Waals surface area contributed by atoms with Gasteiger partial charge in [0.15, 0.2) is 0 Å². The van der Waals surface area contributed by atoms with Gasteiger partial charge in [-0.15, -0.1) is 0 Å². The van der Waals surface area contributed by atoms with Crippen LogP contribution in [0.15, 0.2) is 0 Å². The summed E-state index contributed by atoms with van der Waals surface area (Å²) >= 11 is 1.70. The van der Waals surface area contributed by atoms with Crippen LogP contribution in [0.4, 0.5) is 4.79 Å². The van der Waals surface area contributed by atoms with Crippen molar-refractivity contribution in [3.8, 4) is 0 Å². The lowest BCUT2D eigenvalue weighted by Gasteiger charge is -2.22. The predicted octanol–water partition coefficient (Wildman–Crippen LogP) is -1.01. The van der Waals surface area contributed by atoms with Gasteiger partial charge in [-0.25, -0.2) is 4.79 Å². The van der Waals surface area contributed by atoms with Gasteiger partial charge < -0.3 is 15.4 Å². The van der Waals surface area contributed by atoms with E-state index < -0.39 is 44.3 Å². The number of imide groups is 1. The Morgan fingerprint density at radius 3 is 2.61 bits per heavy atom. The summed E-state index contributed by atoms with van der Waals surface area (Å²) in [5.74, 6) is -3.34. The molecule has 0 saturated carbocycles. The lowest BCUT2D eigenvalue weighted by atomic mass is 10.0. The van der Waals surface area contributed by atoms with Crippen molar-refractivity contribution in [1.82, 2.24) is 15.7 Å². The Labute approximate surface area is 164 Å². The van der Waals surface area contributed by atoms with Crippen molar-refractivity contribution in [2.75, 3.05) is 5.75 Å². The molecule has 3 rings (SSSR count). The topological polar surface area (TPSA) is 179 Å². The Balaban J connectivity index is 1.50. The highest BCUT2D eigenvalue weighted by molar-refractivity contribution is 8.00. The molecule has 1 unspecified atom stereocenters. The molecular weight excluding hydrogens is 418 g/mol. The first kappa shape index (κ1) is 20.8. The van der Waals surface area contributed by atoms with Crippen LogP contribution < -0.4 is 10.6 Å². The predicted molar refractivity (Wildman–Crippen MR) is 92.6 cm³/mol. The Hall–Kier alpha value is -1.90. The van der Waals surface area contributed by atoms with Crippen LogP contribution in [0.5, 0.6) is 0 Å². The fraction of sp³-hybridized carbons (Fsp3) is 0.714. The van der Waals surface area contributed by atoms with Crippen LogP contribution in [0.3, 0.4) is 0 Å². The number of unbranched alkanes of at least 4 members (excludes halogenated alkanes) is 1. The Bertz CT molecular complexity index is 817. The number of hydrogen-bond acceptors (Lipinski definition) is 9. The minimum absolute atomic E-state index is 0.0184. The van der Waals surface area contributed by atoms with Crippen LogP contribution in [0.1, 0.15) is 32.1 Å². The molecule has 14 heteroatoms. The van der Waals surface area contributed by atoms with Gasteiger partial charge in [-0.2, -0.15) is 25.2 Å². The summed E-state index contributed by atoms with van der Waals surface area (Å²) in [5.41, 5.74) is 0. The fourth-order valence-corrected chi connectivity index (χ4v) is 5.81. The van der Waals surface area contributed by atoms with E-state index in [1.165, 1.54) is 0 Å². The Morgan fingerprint density at radius 1 is 1.29 bits per heavy atom. The third-order valence-corrected chi connectivity index (χ3v) is 7.64. The molecule has 12 nitrogen and oxygen atoms in total. The lowest BCUT2D eigenvalue weighted by molar-refractivity contribution is -0.178. The molecule has 3 aliphatic rings. The number of urea groups is 1. The van der Waals surface area contributed by atoms with E-state index in [1.54, 1.807) is 11.8 Å². The monoisotopic (exact) mass is 437 g/mol. The van der Waals surface area contributed by atoms with Gasteiger partial charge >= 0.3 is 33.0 Å². The van der Waals surface area contributed by atoms with Gasteiger partial charge in [0.1, 0.15) is 0 Å². The molecule has 28 heavy (non-hydrogen) atoms. The molecular formula is C14H19N3O9S2. The summed E-state index contributed by atoms with van der Waals surface area (Å²) in [6.45, 7) is 0. The second-order valence-electron chi connectivity index (χ2n) is 6.76. The van der Waals surface area contributed by atoms with Crippen LogP contribution in [0, 0.1) is 0 Å². The number of hydrogen-bond donors (Lipinski definition) is 4. The summed E-state index contributed by atoms with van der Waals surface area (Å²) in [7, 11) is -5.30. The van der Waals surface area contributed by atoms with E-state index in [9.17, 15) is 37.4 Å². The van der Waals surface area contributed by atoms with Crippen LogP contribution in [0.2, 0.25) is 0 Å². The van der Waals surface area contributed by atoms with E-state index in [-0.39, 0.29) is 29.8 Å². The molecule has 3 heterocycles. The van der Waals surface area contributed by atoms with Crippen molar-refractivity contribution < 1.29 is 42.1 Å². The van der Waals surface area contributed by atoms with E-state index in [0.717, 1.165) is 5.75 Å². The number of ether oxygens (including phenoxy) is 1. The number of carbonyl (C=O) groups is 4. The number of hydroxylamine groups is 2. The first-order chi connectivity index (χ1) is 13.0. The van der Waals surface area contributed by atoms with E-state index in [1.807, 2.05) is 0 Å². The molecule has 0 spiro atoms. The average Bonchev–Trinajstić information content (AvgIpc) is 3.20. The van der Waals surface area contributed by atoms with Gasteiger partial charge in [0.25, 0.3) is 5.91 Å². The fourth-order valence-electron chi connectivity index (χ4n) is 3.45. The number of nitrogens with zero attached hydrogens (tertiary/aromatic N) is 1. The smallest absolute Gasteiger partial charge is 0.324 e. The maximum Gasteiger partial charge on any atom is 0.324 e. The van der Waals surface area contributed by atoms with Gasteiger partial charge in [-0.1, -0.05) is 6.42 Å². The third-order valence-electron chi connectivity index (χ3n) is 4.89. The second kappa shape index (κ2) is 7.50. The summed E-state index contributed by atoms with van der Waals surface area (Å²) in [5, 5.41) is 14.6. The van der Waals surface area contributed by atoms with Crippen LogP contribution in [-0.4, -0.2) is 75.1 Å². The Morgan fingerprint density at radius 2 is 2.00 bits per heavy atom. The molecule has 3 fully saturated rings. The molecule has 0 aliphatic carbocycles. The van der Waals surface area contributed by atoms with E-state index in [4.69, 9.17) is 0 Å². The normalized spacial score (nSPS) is 32.3. The van der Waals surface area contributed by atoms with E-state index in [0.29, 0.717) is 19.3 Å². The van der Waals surface area contributed by atoms with Gasteiger partial charge in [0, 0.05) is 17.4 Å². The van der Waals surface area contributed by atoms with Crippen molar-refractivity contribution in [3.63, 3.8) is 0 Å². The maximum atomic E-state index is 12.0. The van der Waals surface area contributed by atoms with Crippen LogP contribution >= 0.6 is 11.8 Å². The molecule has 4 amide bonds. The van der Waals surface area contributed by atoms with Crippen molar-refractivity contribution in [1.29, 1.82) is 0 Å². The van der Waals surface area contributed by atoms with Gasteiger partial charge in [0.2, 0.25) is 0 Å². The quantitative estimate of drug-likeness (QED) is 0.0962. The SMILES string of the molecule is O=C1N[C@@H]2[C@@H](CS[C@@H]2CCCCC(=O)OC2(S(=O)(=O)O)CC(=O)N(O)C2=O)N1. The van der Waals surface area contributed by atoms with E-state index in [2.05, 4.69) is 15.4 Å². The van der Waals surface area contributed by atoms with Crippen molar-refractivity contribution in [2.24, 2.45) is 0 Å². The molecule has 4 atom stereocenters. The number of esters is 1. The zero-order chi connectivity index (χ0) is 20.7. The molecule has 4 N–H and O–H groups in total. The van der Waals surface area contributed by atoms with Crippen LogP contribution in [0.25, 0.3) is 0 Å². The largest absolute Gasteiger partial charge is 0.429 e. The summed E-state index contributed by atoms with van der Waals surface area (Å²) in [6, 6.07) is -0.104. The molecule has 156 valence electrons. The summed E-state index contributed by atoms with van der Waals surface area (Å²) in [6.07, 6.45) is 0.138. The minimum atomic E-state index is -5.30. The molecule has 0 bridgehead atoms. The lowest BCUT2D eigenvalue weighted by Crippen LogP contribution is -2.49. The zero-order valence-electron chi connectivity index (χ0n) is 14.5. The summed E-state index contributed by atoms with van der Waals surface area (Å²) < 4.78 is 37.0.